The number of carbonyl (C=O) groups is 1. The van der Waals surface area contributed by atoms with E-state index >= 15 is 0 Å². The lowest BCUT2D eigenvalue weighted by atomic mass is 9.73. The fourth-order valence-electron chi connectivity index (χ4n) is 4.02. The quantitative estimate of drug-likeness (QED) is 0.748. The predicted octanol–water partition coefficient (Wildman–Crippen LogP) is 4.34. The van der Waals surface area contributed by atoms with Crippen LogP contribution in [0.5, 0.6) is 0 Å². The fraction of sp³-hybridized carbons (Fsp3) is 0.273. The van der Waals surface area contributed by atoms with Crippen LogP contribution >= 0.6 is 0 Å². The monoisotopic (exact) mass is 345 g/mol. The van der Waals surface area contributed by atoms with Crippen molar-refractivity contribution in [2.75, 3.05) is 5.32 Å². The summed E-state index contributed by atoms with van der Waals surface area (Å²) in [5.41, 5.74) is 2.34. The number of rotatable bonds is 5. The van der Waals surface area contributed by atoms with Crippen molar-refractivity contribution in [3.63, 3.8) is 0 Å². The van der Waals surface area contributed by atoms with Crippen molar-refractivity contribution in [3.05, 3.63) is 83.9 Å². The van der Waals surface area contributed by atoms with Gasteiger partial charge in [-0.05, 0) is 23.6 Å². The van der Waals surface area contributed by atoms with Gasteiger partial charge in [0, 0.05) is 30.5 Å². The van der Waals surface area contributed by atoms with E-state index in [0.717, 1.165) is 29.2 Å². The molecule has 1 aromatic heterocycles. The van der Waals surface area contributed by atoms with Gasteiger partial charge in [0.15, 0.2) is 0 Å². The number of anilines is 1. The number of carbonyl (C=O) groups excluding carboxylic acids is 1. The summed E-state index contributed by atoms with van der Waals surface area (Å²) in [6, 6.07) is 18.1. The number of nitrogens with one attached hydrogen (secondary N) is 1. The van der Waals surface area contributed by atoms with E-state index in [4.69, 9.17) is 0 Å². The molecule has 1 atom stereocenters. The van der Waals surface area contributed by atoms with Gasteiger partial charge in [0.05, 0.1) is 0 Å². The molecule has 1 N–H and O–H groups in total. The minimum Gasteiger partial charge on any atom is -0.335 e. The van der Waals surface area contributed by atoms with Gasteiger partial charge in [0.1, 0.15) is 11.2 Å². The Morgan fingerprint density at radius 3 is 2.58 bits per heavy atom. The molecule has 1 unspecified atom stereocenters. The van der Waals surface area contributed by atoms with E-state index in [2.05, 4.69) is 46.9 Å². The Labute approximate surface area is 153 Å². The Hall–Kier alpha value is -2.88. The number of hydrogen-bond donors (Lipinski definition) is 1. The lowest BCUT2D eigenvalue weighted by Gasteiger charge is -2.29. The largest absolute Gasteiger partial charge is 0.335 e. The second kappa shape index (κ2) is 6.45. The average Bonchev–Trinajstić information content (AvgIpc) is 3.23. The first kappa shape index (κ1) is 16.6. The fourth-order valence-corrected chi connectivity index (χ4v) is 4.02. The normalized spacial score (nSPS) is 18.8. The third-order valence-corrected chi connectivity index (χ3v) is 5.28. The van der Waals surface area contributed by atoms with Gasteiger partial charge < -0.3 is 9.88 Å². The van der Waals surface area contributed by atoms with Gasteiger partial charge in [-0.1, -0.05) is 62.4 Å². The SMILES string of the molecule is CC(C)c1nccn1CCC1(c2ccccc2)C(=O)Nc2ccccc21. The number of para-hydroxylation sites is 1. The van der Waals surface area contributed by atoms with Crippen LogP contribution in [0, 0.1) is 0 Å². The zero-order valence-corrected chi connectivity index (χ0v) is 15.1. The van der Waals surface area contributed by atoms with Crippen LogP contribution in [-0.2, 0) is 16.8 Å². The van der Waals surface area contributed by atoms with E-state index < -0.39 is 5.41 Å². The molecule has 3 aromatic rings. The molecular weight excluding hydrogens is 322 g/mol. The van der Waals surface area contributed by atoms with Gasteiger partial charge in [-0.25, -0.2) is 4.98 Å². The number of aromatic nitrogens is 2. The zero-order valence-electron chi connectivity index (χ0n) is 15.1. The van der Waals surface area contributed by atoms with Gasteiger partial charge >= 0.3 is 0 Å². The Kier molecular flexibility index (Phi) is 4.11. The summed E-state index contributed by atoms with van der Waals surface area (Å²) >= 11 is 0. The molecule has 4 rings (SSSR count). The van der Waals surface area contributed by atoms with Crippen molar-refractivity contribution in [2.45, 2.75) is 38.1 Å². The van der Waals surface area contributed by atoms with Crippen LogP contribution in [-0.4, -0.2) is 15.5 Å². The number of aryl methyl sites for hydroxylation is 1. The molecule has 0 aliphatic carbocycles. The summed E-state index contributed by atoms with van der Waals surface area (Å²) in [4.78, 5) is 17.7. The smallest absolute Gasteiger partial charge is 0.239 e. The molecular formula is C22H23N3O. The molecule has 0 bridgehead atoms. The molecule has 1 aliphatic heterocycles. The summed E-state index contributed by atoms with van der Waals surface area (Å²) in [7, 11) is 0. The van der Waals surface area contributed by atoms with Crippen molar-refractivity contribution in [2.24, 2.45) is 0 Å². The van der Waals surface area contributed by atoms with Gasteiger partial charge in [-0.3, -0.25) is 4.79 Å². The minimum absolute atomic E-state index is 0.0520. The Morgan fingerprint density at radius 1 is 1.08 bits per heavy atom. The maximum atomic E-state index is 13.2. The molecule has 0 fully saturated rings. The molecule has 4 nitrogen and oxygen atoms in total. The summed E-state index contributed by atoms with van der Waals surface area (Å²) in [5, 5.41) is 3.09. The lowest BCUT2D eigenvalue weighted by Crippen LogP contribution is -2.37. The van der Waals surface area contributed by atoms with Crippen LogP contribution in [0.15, 0.2) is 67.0 Å². The topological polar surface area (TPSA) is 46.9 Å². The molecule has 0 radical (unpaired) electrons. The summed E-state index contributed by atoms with van der Waals surface area (Å²) in [6.45, 7) is 5.02. The van der Waals surface area contributed by atoms with E-state index in [1.807, 2.05) is 48.8 Å². The zero-order chi connectivity index (χ0) is 18.1. The van der Waals surface area contributed by atoms with E-state index in [1.165, 1.54) is 0 Å². The summed E-state index contributed by atoms with van der Waals surface area (Å²) in [5.74, 6) is 1.46. The van der Waals surface area contributed by atoms with E-state index in [9.17, 15) is 4.79 Å². The van der Waals surface area contributed by atoms with Crippen LogP contribution in [0.2, 0.25) is 0 Å². The molecule has 0 spiro atoms. The van der Waals surface area contributed by atoms with Crippen LogP contribution in [0.1, 0.15) is 43.1 Å². The number of imidazole rings is 1. The molecule has 2 aromatic carbocycles. The van der Waals surface area contributed by atoms with Gasteiger partial charge in [0.25, 0.3) is 0 Å². The minimum atomic E-state index is -0.670. The summed E-state index contributed by atoms with van der Waals surface area (Å²) < 4.78 is 2.17. The highest BCUT2D eigenvalue weighted by molar-refractivity contribution is 6.08. The third kappa shape index (κ3) is 2.53. The first-order chi connectivity index (χ1) is 12.6. The molecule has 132 valence electrons. The highest BCUT2D eigenvalue weighted by Crippen LogP contribution is 2.45. The second-order valence-electron chi connectivity index (χ2n) is 7.15. The highest BCUT2D eigenvalue weighted by Gasteiger charge is 2.47. The molecule has 2 heterocycles. The lowest BCUT2D eigenvalue weighted by molar-refractivity contribution is -0.119. The Morgan fingerprint density at radius 2 is 1.81 bits per heavy atom. The summed E-state index contributed by atoms with van der Waals surface area (Å²) in [6.07, 6.45) is 4.54. The van der Waals surface area contributed by atoms with Crippen LogP contribution in [0.25, 0.3) is 0 Å². The highest BCUT2D eigenvalue weighted by atomic mass is 16.2. The number of amides is 1. The van der Waals surface area contributed by atoms with Crippen molar-refractivity contribution < 1.29 is 4.79 Å². The number of hydrogen-bond acceptors (Lipinski definition) is 2. The number of nitrogens with zero attached hydrogens (tertiary/aromatic N) is 2. The maximum absolute atomic E-state index is 13.2. The van der Waals surface area contributed by atoms with Crippen molar-refractivity contribution in [3.8, 4) is 0 Å². The van der Waals surface area contributed by atoms with E-state index in [1.54, 1.807) is 0 Å². The first-order valence-corrected chi connectivity index (χ1v) is 9.10. The third-order valence-electron chi connectivity index (χ3n) is 5.28. The van der Waals surface area contributed by atoms with Crippen molar-refractivity contribution in [1.82, 2.24) is 9.55 Å². The van der Waals surface area contributed by atoms with Gasteiger partial charge in [0.2, 0.25) is 5.91 Å². The molecule has 0 saturated heterocycles. The Bertz CT molecular complexity index is 929. The van der Waals surface area contributed by atoms with E-state index in [-0.39, 0.29) is 5.91 Å². The number of benzene rings is 2. The Balaban J connectivity index is 1.78. The first-order valence-electron chi connectivity index (χ1n) is 9.10. The van der Waals surface area contributed by atoms with Gasteiger partial charge in [-0.2, -0.15) is 0 Å². The van der Waals surface area contributed by atoms with Crippen molar-refractivity contribution in [1.29, 1.82) is 0 Å². The molecule has 26 heavy (non-hydrogen) atoms. The molecule has 0 saturated carbocycles. The molecule has 1 aliphatic rings. The average molecular weight is 345 g/mol. The second-order valence-corrected chi connectivity index (χ2v) is 7.15. The van der Waals surface area contributed by atoms with Crippen LogP contribution in [0.3, 0.4) is 0 Å². The molecule has 1 amide bonds. The maximum Gasteiger partial charge on any atom is 0.239 e. The van der Waals surface area contributed by atoms with Gasteiger partial charge in [-0.15, -0.1) is 0 Å². The van der Waals surface area contributed by atoms with E-state index in [0.29, 0.717) is 12.3 Å². The number of fused-ring (bicyclic) bond motifs is 1. The van der Waals surface area contributed by atoms with Crippen LogP contribution < -0.4 is 5.32 Å². The standard InChI is InChI=1S/C22H23N3O/c1-16(2)20-23-13-15-25(20)14-12-22(17-8-4-3-5-9-17)18-10-6-7-11-19(18)24-21(22)26/h3-11,13,15-16H,12,14H2,1-2H3,(H,24,26). The van der Waals surface area contributed by atoms with Crippen molar-refractivity contribution >= 4 is 11.6 Å². The molecule has 4 heteroatoms. The van der Waals surface area contributed by atoms with Crippen LogP contribution in [0.4, 0.5) is 5.69 Å². The predicted molar refractivity (Wildman–Crippen MR) is 103 cm³/mol.